The number of anilines is 2. The molecule has 0 atom stereocenters. The van der Waals surface area contributed by atoms with Gasteiger partial charge in [-0.1, -0.05) is 18.2 Å². The molecule has 1 heterocycles. The Morgan fingerprint density at radius 3 is 2.32 bits per heavy atom. The Morgan fingerprint density at radius 2 is 1.63 bits per heavy atom. The highest BCUT2D eigenvalue weighted by Crippen LogP contribution is 2.29. The maximum atomic E-state index is 5.88. The third-order valence-electron chi connectivity index (χ3n) is 3.03. The highest BCUT2D eigenvalue weighted by Gasteiger charge is 2.07. The van der Waals surface area contributed by atoms with Crippen LogP contribution in [0.4, 0.5) is 11.4 Å². The van der Waals surface area contributed by atoms with Gasteiger partial charge in [0, 0.05) is 29.3 Å². The first-order valence-electron chi connectivity index (χ1n) is 5.98. The highest BCUT2D eigenvalue weighted by molar-refractivity contribution is 5.76. The molecule has 0 saturated heterocycles. The molecule has 3 aromatic rings. The van der Waals surface area contributed by atoms with Crippen LogP contribution >= 0.6 is 0 Å². The molecule has 94 valence electrons. The Bertz CT molecular complexity index is 685. The zero-order valence-corrected chi connectivity index (χ0v) is 10.3. The molecule has 0 saturated carbocycles. The van der Waals surface area contributed by atoms with Crippen molar-refractivity contribution in [3.05, 3.63) is 61.2 Å². The van der Waals surface area contributed by atoms with E-state index in [2.05, 4.69) is 4.98 Å². The molecule has 4 heteroatoms. The first kappa shape index (κ1) is 11.3. The van der Waals surface area contributed by atoms with E-state index in [0.717, 1.165) is 28.2 Å². The van der Waals surface area contributed by atoms with Crippen LogP contribution in [0.2, 0.25) is 0 Å². The van der Waals surface area contributed by atoms with E-state index in [1.54, 1.807) is 12.5 Å². The van der Waals surface area contributed by atoms with Crippen LogP contribution in [0.3, 0.4) is 0 Å². The summed E-state index contributed by atoms with van der Waals surface area (Å²) in [7, 11) is 0. The van der Waals surface area contributed by atoms with Gasteiger partial charge in [0.2, 0.25) is 0 Å². The molecule has 0 fully saturated rings. The number of rotatable bonds is 2. The van der Waals surface area contributed by atoms with Crippen molar-refractivity contribution in [1.29, 1.82) is 0 Å². The van der Waals surface area contributed by atoms with Gasteiger partial charge in [-0.2, -0.15) is 0 Å². The number of hydrogen-bond acceptors (Lipinski definition) is 3. The third-order valence-corrected chi connectivity index (χ3v) is 3.03. The van der Waals surface area contributed by atoms with Gasteiger partial charge in [-0.15, -0.1) is 0 Å². The first-order valence-corrected chi connectivity index (χ1v) is 5.98. The minimum absolute atomic E-state index is 0.725. The van der Waals surface area contributed by atoms with Crippen LogP contribution in [0.5, 0.6) is 0 Å². The maximum Gasteiger partial charge on any atom is 0.0991 e. The molecule has 4 nitrogen and oxygen atoms in total. The van der Waals surface area contributed by atoms with Crippen molar-refractivity contribution in [2.45, 2.75) is 0 Å². The van der Waals surface area contributed by atoms with Crippen LogP contribution < -0.4 is 11.5 Å². The summed E-state index contributed by atoms with van der Waals surface area (Å²) in [5.41, 5.74) is 16.3. The molecule has 0 unspecified atom stereocenters. The lowest BCUT2D eigenvalue weighted by Gasteiger charge is -2.11. The molecule has 0 spiro atoms. The summed E-state index contributed by atoms with van der Waals surface area (Å²) in [5.74, 6) is 0. The molecular formula is C15H14N4. The number of nitrogens with zero attached hydrogens (tertiary/aromatic N) is 2. The second-order valence-electron chi connectivity index (χ2n) is 4.37. The van der Waals surface area contributed by atoms with Crippen molar-refractivity contribution < 1.29 is 0 Å². The van der Waals surface area contributed by atoms with Crippen molar-refractivity contribution in [1.82, 2.24) is 9.55 Å². The lowest BCUT2D eigenvalue weighted by Crippen LogP contribution is -1.96. The second-order valence-corrected chi connectivity index (χ2v) is 4.37. The van der Waals surface area contributed by atoms with Crippen molar-refractivity contribution in [3.63, 3.8) is 0 Å². The summed E-state index contributed by atoms with van der Waals surface area (Å²) in [5, 5.41) is 0. The van der Waals surface area contributed by atoms with E-state index >= 15 is 0 Å². The van der Waals surface area contributed by atoms with Crippen LogP contribution in [0.15, 0.2) is 61.2 Å². The lowest BCUT2D eigenvalue weighted by molar-refractivity contribution is 1.06. The normalized spacial score (nSPS) is 10.5. The summed E-state index contributed by atoms with van der Waals surface area (Å²) in [4.78, 5) is 4.08. The first-order chi connectivity index (χ1) is 9.24. The molecule has 0 aliphatic heterocycles. The minimum atomic E-state index is 0.725. The molecular weight excluding hydrogens is 236 g/mol. The van der Waals surface area contributed by atoms with Gasteiger partial charge in [-0.3, -0.25) is 0 Å². The third kappa shape index (κ3) is 2.15. The molecule has 2 aromatic carbocycles. The van der Waals surface area contributed by atoms with E-state index in [-0.39, 0.29) is 0 Å². The fourth-order valence-corrected chi connectivity index (χ4v) is 2.07. The van der Waals surface area contributed by atoms with E-state index in [9.17, 15) is 0 Å². The van der Waals surface area contributed by atoms with Crippen molar-refractivity contribution >= 4 is 11.4 Å². The van der Waals surface area contributed by atoms with Gasteiger partial charge in [-0.25, -0.2) is 4.98 Å². The lowest BCUT2D eigenvalue weighted by atomic mass is 10.0. The predicted octanol–water partition coefficient (Wildman–Crippen LogP) is 2.70. The van der Waals surface area contributed by atoms with Crippen LogP contribution in [0.1, 0.15) is 0 Å². The second kappa shape index (κ2) is 4.49. The fourth-order valence-electron chi connectivity index (χ4n) is 2.07. The zero-order chi connectivity index (χ0) is 13.2. The number of imidazole rings is 1. The number of hydrogen-bond donors (Lipinski definition) is 2. The monoisotopic (exact) mass is 250 g/mol. The van der Waals surface area contributed by atoms with E-state index in [4.69, 9.17) is 11.5 Å². The predicted molar refractivity (Wildman–Crippen MR) is 77.8 cm³/mol. The van der Waals surface area contributed by atoms with E-state index in [0.29, 0.717) is 0 Å². The van der Waals surface area contributed by atoms with E-state index in [1.165, 1.54) is 0 Å². The standard InChI is InChI=1S/C15H14N4/c16-12-3-1-11(2-4-12)14-6-5-13(17)9-15(14)19-8-7-18-10-19/h1-10H,16-17H2. The number of nitrogens with two attached hydrogens (primary N) is 2. The molecule has 4 N–H and O–H groups in total. The highest BCUT2D eigenvalue weighted by atomic mass is 15.0. The van der Waals surface area contributed by atoms with Crippen LogP contribution in [0, 0.1) is 0 Å². The van der Waals surface area contributed by atoms with Gasteiger partial charge < -0.3 is 16.0 Å². The average Bonchev–Trinajstić information content (AvgIpc) is 2.94. The Kier molecular flexibility index (Phi) is 2.68. The van der Waals surface area contributed by atoms with Crippen LogP contribution in [0.25, 0.3) is 16.8 Å². The van der Waals surface area contributed by atoms with E-state index in [1.807, 2.05) is 53.2 Å². The Labute approximate surface area is 111 Å². The minimum Gasteiger partial charge on any atom is -0.399 e. The van der Waals surface area contributed by atoms with Gasteiger partial charge in [0.05, 0.1) is 12.0 Å². The van der Waals surface area contributed by atoms with Crippen LogP contribution in [-0.4, -0.2) is 9.55 Å². The van der Waals surface area contributed by atoms with Gasteiger partial charge in [0.25, 0.3) is 0 Å². The smallest absolute Gasteiger partial charge is 0.0991 e. The van der Waals surface area contributed by atoms with Crippen LogP contribution in [-0.2, 0) is 0 Å². The molecule has 0 aliphatic rings. The topological polar surface area (TPSA) is 69.9 Å². The van der Waals surface area contributed by atoms with Gasteiger partial charge in [-0.05, 0) is 29.8 Å². The SMILES string of the molecule is Nc1ccc(-c2ccc(N)cc2-n2ccnc2)cc1. The molecule has 1 aromatic heterocycles. The zero-order valence-electron chi connectivity index (χ0n) is 10.3. The van der Waals surface area contributed by atoms with Gasteiger partial charge in [0.1, 0.15) is 0 Å². The Hall–Kier alpha value is -2.75. The Morgan fingerprint density at radius 1 is 0.895 bits per heavy atom. The summed E-state index contributed by atoms with van der Waals surface area (Å²) >= 11 is 0. The van der Waals surface area contributed by atoms with Gasteiger partial charge in [0.15, 0.2) is 0 Å². The fraction of sp³-hybridized carbons (Fsp3) is 0. The van der Waals surface area contributed by atoms with Crippen molar-refractivity contribution in [2.75, 3.05) is 11.5 Å². The molecule has 3 rings (SSSR count). The maximum absolute atomic E-state index is 5.88. The largest absolute Gasteiger partial charge is 0.399 e. The van der Waals surface area contributed by atoms with Gasteiger partial charge >= 0.3 is 0 Å². The summed E-state index contributed by atoms with van der Waals surface area (Å²) in [6, 6.07) is 13.6. The van der Waals surface area contributed by atoms with Crippen molar-refractivity contribution in [3.8, 4) is 16.8 Å². The number of benzene rings is 2. The molecule has 0 radical (unpaired) electrons. The molecule has 0 aliphatic carbocycles. The number of nitrogen functional groups attached to an aromatic ring is 2. The van der Waals surface area contributed by atoms with E-state index < -0.39 is 0 Å². The molecule has 0 bridgehead atoms. The average molecular weight is 250 g/mol. The molecule has 19 heavy (non-hydrogen) atoms. The molecule has 0 amide bonds. The summed E-state index contributed by atoms with van der Waals surface area (Å²) in [6.45, 7) is 0. The quantitative estimate of drug-likeness (QED) is 0.687. The summed E-state index contributed by atoms with van der Waals surface area (Å²) in [6.07, 6.45) is 5.40. The van der Waals surface area contributed by atoms with Crippen molar-refractivity contribution in [2.24, 2.45) is 0 Å². The number of aromatic nitrogens is 2. The summed E-state index contributed by atoms with van der Waals surface area (Å²) < 4.78 is 1.95. The Balaban J connectivity index is 2.18.